The predicted molar refractivity (Wildman–Crippen MR) is 81.1 cm³/mol. The minimum Gasteiger partial charge on any atom is -0.343 e. The molecule has 0 saturated carbocycles. The van der Waals surface area contributed by atoms with E-state index in [-0.39, 0.29) is 22.4 Å². The van der Waals surface area contributed by atoms with Crippen molar-refractivity contribution in [2.24, 2.45) is 0 Å². The number of ether oxygens (including phenoxy) is 1. The van der Waals surface area contributed by atoms with E-state index >= 15 is 0 Å². The number of nitro groups is 1. The van der Waals surface area contributed by atoms with E-state index in [0.717, 1.165) is 0 Å². The molecular formula is C13H20BNO3P+. The molecule has 1 aromatic rings. The Labute approximate surface area is 116 Å². The summed E-state index contributed by atoms with van der Waals surface area (Å²) in [6, 6.07) is 6.61. The summed E-state index contributed by atoms with van der Waals surface area (Å²) in [7, 11) is 4.61. The van der Waals surface area contributed by atoms with Gasteiger partial charge in [0, 0.05) is 12.7 Å². The van der Waals surface area contributed by atoms with E-state index in [1.807, 2.05) is 6.66 Å². The Bertz CT molecular complexity index is 457. The zero-order valence-corrected chi connectivity index (χ0v) is 12.8. The molecule has 0 aliphatic heterocycles. The van der Waals surface area contributed by atoms with Gasteiger partial charge in [0.2, 0.25) is 0 Å². The summed E-state index contributed by atoms with van der Waals surface area (Å²) < 4.78 is 5.62. The fraction of sp³-hybridized carbons (Fsp3) is 0.538. The molecule has 0 bridgehead atoms. The lowest BCUT2D eigenvalue weighted by molar-refractivity contribution is -0.385. The number of benzene rings is 1. The van der Waals surface area contributed by atoms with Crippen LogP contribution in [0, 0.1) is 10.1 Å². The van der Waals surface area contributed by atoms with Gasteiger partial charge in [0.1, 0.15) is 6.35 Å². The van der Waals surface area contributed by atoms with E-state index in [4.69, 9.17) is 12.3 Å². The van der Waals surface area contributed by atoms with Crippen molar-refractivity contribution in [2.75, 3.05) is 13.0 Å². The van der Waals surface area contributed by atoms with E-state index in [1.165, 1.54) is 6.07 Å². The lowest BCUT2D eigenvalue weighted by Gasteiger charge is -2.32. The van der Waals surface area contributed by atoms with Crippen molar-refractivity contribution in [1.82, 2.24) is 0 Å². The van der Waals surface area contributed by atoms with Crippen molar-refractivity contribution in [3.05, 3.63) is 39.9 Å². The molecule has 2 radical (unpaired) electrons. The number of rotatable bonds is 5. The summed E-state index contributed by atoms with van der Waals surface area (Å²) in [4.78, 5) is 10.5. The van der Waals surface area contributed by atoms with Gasteiger partial charge >= 0.3 is 7.57 Å². The topological polar surface area (TPSA) is 52.4 Å². The van der Waals surface area contributed by atoms with Crippen molar-refractivity contribution in [3.8, 4) is 0 Å². The van der Waals surface area contributed by atoms with Crippen LogP contribution in [0.5, 0.6) is 0 Å². The van der Waals surface area contributed by atoms with Crippen LogP contribution >= 0.6 is 7.14 Å². The smallest absolute Gasteiger partial charge is 0.343 e. The highest BCUT2D eigenvalue weighted by Crippen LogP contribution is 2.61. The molecule has 0 fully saturated rings. The summed E-state index contributed by atoms with van der Waals surface area (Å²) in [6.45, 7) is 8.53. The largest absolute Gasteiger partial charge is 0.368 e. The Balaban J connectivity index is 2.67. The maximum atomic E-state index is 10.9. The van der Waals surface area contributed by atoms with Gasteiger partial charge < -0.3 is 4.74 Å². The van der Waals surface area contributed by atoms with Gasteiger partial charge in [-0.25, -0.2) is 0 Å². The minimum absolute atomic E-state index is 0.00955. The second kappa shape index (κ2) is 6.02. The summed E-state index contributed by atoms with van der Waals surface area (Å²) in [5, 5.41) is 10.9. The Morgan fingerprint density at radius 2 is 1.95 bits per heavy atom. The standard InChI is InChI=1S/C13H20BNO3P/c1-13(2,3)19(4,14)10-18-9-11-7-5-6-8-12(11)15(16)17/h5-8H,9-10H2,1-4H3/q+1. The maximum absolute atomic E-state index is 10.9. The van der Waals surface area contributed by atoms with Crippen LogP contribution in [0.2, 0.25) is 0 Å². The highest BCUT2D eigenvalue weighted by Gasteiger charge is 2.40. The summed E-state index contributed by atoms with van der Waals surface area (Å²) in [5.41, 5.74) is 0.678. The summed E-state index contributed by atoms with van der Waals surface area (Å²) in [5.74, 6) is 0. The molecule has 0 saturated heterocycles. The van der Waals surface area contributed by atoms with Gasteiger partial charge in [-0.15, -0.1) is 0 Å². The molecule has 0 aromatic heterocycles. The predicted octanol–water partition coefficient (Wildman–Crippen LogP) is 3.60. The number of para-hydroxylation sites is 1. The van der Waals surface area contributed by atoms with Crippen LogP contribution in [-0.2, 0) is 11.3 Å². The van der Waals surface area contributed by atoms with Crippen LogP contribution in [0.1, 0.15) is 26.3 Å². The number of hydrogen-bond acceptors (Lipinski definition) is 3. The van der Waals surface area contributed by atoms with Crippen molar-refractivity contribution in [1.29, 1.82) is 0 Å². The first-order valence-corrected chi connectivity index (χ1v) is 8.58. The molecule has 0 aliphatic carbocycles. The third-order valence-corrected chi connectivity index (χ3v) is 7.12. The Kier molecular flexibility index (Phi) is 5.11. The zero-order valence-electron chi connectivity index (χ0n) is 11.9. The minimum atomic E-state index is -1.69. The molecule has 4 nitrogen and oxygen atoms in total. The molecular weight excluding hydrogens is 260 g/mol. The van der Waals surface area contributed by atoms with Crippen molar-refractivity contribution in [2.45, 2.75) is 32.5 Å². The van der Waals surface area contributed by atoms with Crippen LogP contribution in [0.15, 0.2) is 24.3 Å². The average Bonchev–Trinajstić information content (AvgIpc) is 2.27. The van der Waals surface area contributed by atoms with E-state index in [9.17, 15) is 10.1 Å². The highest BCUT2D eigenvalue weighted by atomic mass is 31.2. The number of nitrogens with zero attached hydrogens (tertiary/aromatic N) is 1. The van der Waals surface area contributed by atoms with Crippen LogP contribution in [-0.4, -0.2) is 30.7 Å². The summed E-state index contributed by atoms with van der Waals surface area (Å²) in [6.07, 6.45) is 0.461. The Morgan fingerprint density at radius 1 is 1.37 bits per heavy atom. The summed E-state index contributed by atoms with van der Waals surface area (Å²) >= 11 is 0. The number of hydrogen-bond donors (Lipinski definition) is 0. The van der Waals surface area contributed by atoms with E-state index in [0.29, 0.717) is 11.9 Å². The van der Waals surface area contributed by atoms with Gasteiger partial charge in [0.05, 0.1) is 22.2 Å². The lowest BCUT2D eigenvalue weighted by Crippen LogP contribution is -2.23. The molecule has 1 atom stereocenters. The van der Waals surface area contributed by atoms with Crippen molar-refractivity contribution >= 4 is 20.4 Å². The normalized spacial score (nSPS) is 14.9. The van der Waals surface area contributed by atoms with Gasteiger partial charge in [-0.2, -0.15) is 0 Å². The molecule has 19 heavy (non-hydrogen) atoms. The van der Waals surface area contributed by atoms with Gasteiger partial charge in [-0.3, -0.25) is 10.1 Å². The fourth-order valence-corrected chi connectivity index (χ4v) is 2.21. The Hall–Kier alpha value is -0.925. The fourth-order valence-electron chi connectivity index (χ4n) is 1.35. The van der Waals surface area contributed by atoms with Crippen molar-refractivity contribution < 1.29 is 9.66 Å². The molecule has 0 aliphatic rings. The number of nitro benzene ring substituents is 1. The second-order valence-electron chi connectivity index (χ2n) is 5.80. The molecule has 6 heteroatoms. The molecule has 1 aromatic carbocycles. The zero-order chi connectivity index (χ0) is 14.7. The SMILES string of the molecule is [B][P+](C)(COCc1ccccc1[N+](=O)[O-])C(C)(C)C. The first-order chi connectivity index (χ1) is 8.65. The van der Waals surface area contributed by atoms with Crippen LogP contribution in [0.3, 0.4) is 0 Å². The van der Waals surface area contributed by atoms with E-state index < -0.39 is 7.14 Å². The van der Waals surface area contributed by atoms with Crippen LogP contribution in [0.25, 0.3) is 0 Å². The van der Waals surface area contributed by atoms with Gasteiger partial charge in [-0.1, -0.05) is 12.1 Å². The quantitative estimate of drug-likeness (QED) is 0.358. The molecule has 0 heterocycles. The highest BCUT2D eigenvalue weighted by molar-refractivity contribution is 7.97. The van der Waals surface area contributed by atoms with E-state index in [2.05, 4.69) is 20.8 Å². The molecule has 1 rings (SSSR count). The maximum Gasteiger partial charge on any atom is 0.368 e. The first-order valence-electron chi connectivity index (χ1n) is 6.09. The van der Waals surface area contributed by atoms with Crippen molar-refractivity contribution in [3.63, 3.8) is 0 Å². The third kappa shape index (κ3) is 4.29. The monoisotopic (exact) mass is 280 g/mol. The van der Waals surface area contributed by atoms with Gasteiger partial charge in [0.25, 0.3) is 5.69 Å². The lowest BCUT2D eigenvalue weighted by atomic mass is 10.2. The van der Waals surface area contributed by atoms with Gasteiger partial charge in [0.15, 0.2) is 0 Å². The second-order valence-corrected chi connectivity index (χ2v) is 9.94. The molecule has 0 amide bonds. The van der Waals surface area contributed by atoms with Crippen LogP contribution in [0.4, 0.5) is 5.69 Å². The van der Waals surface area contributed by atoms with E-state index in [1.54, 1.807) is 18.2 Å². The third-order valence-electron chi connectivity index (χ3n) is 3.34. The first kappa shape index (κ1) is 16.1. The molecule has 0 N–H and O–H groups in total. The average molecular weight is 280 g/mol. The van der Waals surface area contributed by atoms with Crippen LogP contribution < -0.4 is 0 Å². The molecule has 102 valence electrons. The van der Waals surface area contributed by atoms with Gasteiger partial charge in [-0.05, 0) is 34.0 Å². The molecule has 1 unspecified atom stereocenters. The molecule has 0 spiro atoms. The Morgan fingerprint density at radius 3 is 2.47 bits per heavy atom.